The molecule has 0 saturated heterocycles. The van der Waals surface area contributed by atoms with Crippen LogP contribution in [-0.4, -0.2) is 37.0 Å². The molecule has 28 heavy (non-hydrogen) atoms. The van der Waals surface area contributed by atoms with Crippen molar-refractivity contribution in [2.24, 2.45) is 4.99 Å². The second-order valence-corrected chi connectivity index (χ2v) is 7.10. The number of hydrogen-bond acceptors (Lipinski definition) is 3. The largest absolute Gasteiger partial charge is 0.483 e. The number of ether oxygens (including phenoxy) is 1. The van der Waals surface area contributed by atoms with Gasteiger partial charge >= 0.3 is 0 Å². The molecule has 1 atom stereocenters. The summed E-state index contributed by atoms with van der Waals surface area (Å²) in [5.41, 5.74) is 3.31. The third-order valence-electron chi connectivity index (χ3n) is 5.65. The van der Waals surface area contributed by atoms with E-state index in [9.17, 15) is 0 Å². The molecule has 4 rings (SSSR count). The molecule has 1 aliphatic rings. The van der Waals surface area contributed by atoms with Crippen LogP contribution in [0.4, 0.5) is 0 Å². The van der Waals surface area contributed by atoms with Gasteiger partial charge in [0.15, 0.2) is 0 Å². The Morgan fingerprint density at radius 1 is 0.786 bits per heavy atom. The van der Waals surface area contributed by atoms with E-state index in [0.717, 1.165) is 19.0 Å². The quantitative estimate of drug-likeness (QED) is 0.621. The van der Waals surface area contributed by atoms with Crippen LogP contribution in [0.15, 0.2) is 96.0 Å². The second-order valence-electron chi connectivity index (χ2n) is 7.10. The molecule has 0 saturated carbocycles. The van der Waals surface area contributed by atoms with Gasteiger partial charge in [-0.1, -0.05) is 91.0 Å². The minimum Gasteiger partial charge on any atom is -0.483 e. The van der Waals surface area contributed by atoms with Crippen molar-refractivity contribution in [2.75, 3.05) is 20.2 Å². The van der Waals surface area contributed by atoms with E-state index in [0.29, 0.717) is 0 Å². The first-order valence-electron chi connectivity index (χ1n) is 9.80. The number of benzene rings is 3. The third kappa shape index (κ3) is 3.02. The van der Waals surface area contributed by atoms with Crippen LogP contribution in [-0.2, 0) is 10.3 Å². The van der Waals surface area contributed by atoms with Crippen molar-refractivity contribution < 1.29 is 4.74 Å². The summed E-state index contributed by atoms with van der Waals surface area (Å²) in [5, 5.41) is 0. The summed E-state index contributed by atoms with van der Waals surface area (Å²) in [4.78, 5) is 7.15. The van der Waals surface area contributed by atoms with Crippen molar-refractivity contribution in [3.63, 3.8) is 0 Å². The fraction of sp³-hybridized carbons (Fsp3) is 0.240. The summed E-state index contributed by atoms with van der Waals surface area (Å²) in [7, 11) is 1.72. The fourth-order valence-electron chi connectivity index (χ4n) is 4.46. The molecule has 3 aromatic carbocycles. The van der Waals surface area contributed by atoms with Crippen LogP contribution in [0, 0.1) is 0 Å². The average molecular weight is 370 g/mol. The lowest BCUT2D eigenvalue weighted by Crippen LogP contribution is -2.57. The first-order chi connectivity index (χ1) is 13.8. The third-order valence-corrected chi connectivity index (χ3v) is 5.65. The highest BCUT2D eigenvalue weighted by atomic mass is 16.5. The molecule has 3 aromatic rings. The van der Waals surface area contributed by atoms with E-state index in [1.807, 2.05) is 0 Å². The first-order valence-corrected chi connectivity index (χ1v) is 9.80. The maximum absolute atomic E-state index is 5.64. The number of methoxy groups -OCH3 is 1. The highest BCUT2D eigenvalue weighted by Gasteiger charge is 2.46. The fourth-order valence-corrected chi connectivity index (χ4v) is 4.46. The first kappa shape index (κ1) is 18.5. The predicted molar refractivity (Wildman–Crippen MR) is 115 cm³/mol. The van der Waals surface area contributed by atoms with E-state index >= 15 is 0 Å². The zero-order chi connectivity index (χ0) is 19.4. The minimum absolute atomic E-state index is 0.0550. The van der Waals surface area contributed by atoms with Crippen LogP contribution in [0.25, 0.3) is 0 Å². The molecule has 0 N–H and O–H groups in total. The summed E-state index contributed by atoms with van der Waals surface area (Å²) >= 11 is 0. The summed E-state index contributed by atoms with van der Waals surface area (Å²) in [6, 6.07) is 32.4. The van der Waals surface area contributed by atoms with Crippen LogP contribution < -0.4 is 0 Å². The highest BCUT2D eigenvalue weighted by molar-refractivity contribution is 5.82. The molecule has 3 nitrogen and oxygen atoms in total. The zero-order valence-electron chi connectivity index (χ0n) is 16.5. The van der Waals surface area contributed by atoms with E-state index < -0.39 is 5.54 Å². The summed E-state index contributed by atoms with van der Waals surface area (Å²) in [6.07, 6.45) is 0. The predicted octanol–water partition coefficient (Wildman–Crippen LogP) is 4.73. The van der Waals surface area contributed by atoms with Crippen molar-refractivity contribution in [3.8, 4) is 0 Å². The van der Waals surface area contributed by atoms with Crippen molar-refractivity contribution in [1.29, 1.82) is 0 Å². The smallest absolute Gasteiger partial charge is 0.200 e. The van der Waals surface area contributed by atoms with E-state index in [1.165, 1.54) is 16.7 Å². The number of rotatable bonds is 4. The van der Waals surface area contributed by atoms with Crippen LogP contribution >= 0.6 is 0 Å². The van der Waals surface area contributed by atoms with Crippen LogP contribution in [0.2, 0.25) is 0 Å². The molecular formula is C25H26N2O. The Labute approximate surface area is 167 Å². The average Bonchev–Trinajstić information content (AvgIpc) is 2.78. The zero-order valence-corrected chi connectivity index (χ0v) is 16.5. The number of aliphatic imine (C=N–C) groups is 1. The molecule has 142 valence electrons. The molecule has 0 fully saturated rings. The standard InChI is InChI=1S/C25H26N2O/c1-20-24(28-2)26-18-19-27(20)25(21-12-6-3-7-13-21,22-14-8-4-9-15-22)23-16-10-5-11-17-23/h3-17,20H,18-19H2,1-2H3/t20-/m1/s1. The summed E-state index contributed by atoms with van der Waals surface area (Å²) < 4.78 is 5.64. The summed E-state index contributed by atoms with van der Waals surface area (Å²) in [6.45, 7) is 3.76. The van der Waals surface area contributed by atoms with E-state index in [2.05, 4.69) is 108 Å². The van der Waals surface area contributed by atoms with Crippen LogP contribution in [0.5, 0.6) is 0 Å². The highest BCUT2D eigenvalue weighted by Crippen LogP contribution is 2.44. The Balaban J connectivity index is 2.03. The van der Waals surface area contributed by atoms with Crippen molar-refractivity contribution in [2.45, 2.75) is 18.5 Å². The van der Waals surface area contributed by atoms with E-state index in [4.69, 9.17) is 4.74 Å². The van der Waals surface area contributed by atoms with Crippen molar-refractivity contribution >= 4 is 5.90 Å². The molecule has 3 heteroatoms. The van der Waals surface area contributed by atoms with Gasteiger partial charge in [-0.2, -0.15) is 0 Å². The Kier molecular flexibility index (Phi) is 5.27. The van der Waals surface area contributed by atoms with E-state index in [1.54, 1.807) is 7.11 Å². The molecule has 0 aromatic heterocycles. The van der Waals surface area contributed by atoms with Gasteiger partial charge in [-0.15, -0.1) is 0 Å². The molecule has 0 spiro atoms. The van der Waals surface area contributed by atoms with Gasteiger partial charge in [-0.05, 0) is 23.6 Å². The molecule has 0 bridgehead atoms. The Hall–Kier alpha value is -2.91. The topological polar surface area (TPSA) is 24.8 Å². The molecule has 0 amide bonds. The lowest BCUT2D eigenvalue weighted by molar-refractivity contribution is 0.120. The molecular weight excluding hydrogens is 344 g/mol. The second kappa shape index (κ2) is 7.99. The van der Waals surface area contributed by atoms with Crippen molar-refractivity contribution in [1.82, 2.24) is 4.90 Å². The van der Waals surface area contributed by atoms with Crippen molar-refractivity contribution in [3.05, 3.63) is 108 Å². The number of nitrogens with zero attached hydrogens (tertiary/aromatic N) is 2. The van der Waals surface area contributed by atoms with Crippen LogP contribution in [0.1, 0.15) is 23.6 Å². The molecule has 0 unspecified atom stereocenters. The molecule has 0 aliphatic carbocycles. The maximum atomic E-state index is 5.64. The van der Waals surface area contributed by atoms with Gasteiger partial charge in [0.1, 0.15) is 0 Å². The van der Waals surface area contributed by atoms with Gasteiger partial charge in [0.25, 0.3) is 0 Å². The Bertz CT molecular complexity index is 826. The van der Waals surface area contributed by atoms with Gasteiger partial charge in [0, 0.05) is 6.54 Å². The molecule has 1 heterocycles. The van der Waals surface area contributed by atoms with Gasteiger partial charge in [0.05, 0.1) is 25.2 Å². The minimum atomic E-state index is -0.428. The lowest BCUT2D eigenvalue weighted by atomic mass is 9.74. The van der Waals surface area contributed by atoms with E-state index in [-0.39, 0.29) is 6.04 Å². The Morgan fingerprint density at radius 2 is 1.21 bits per heavy atom. The van der Waals surface area contributed by atoms with Gasteiger partial charge in [0.2, 0.25) is 5.90 Å². The van der Waals surface area contributed by atoms with Gasteiger partial charge in [-0.25, -0.2) is 0 Å². The molecule has 0 radical (unpaired) electrons. The van der Waals surface area contributed by atoms with Gasteiger partial charge < -0.3 is 4.74 Å². The monoisotopic (exact) mass is 370 g/mol. The molecule has 1 aliphatic heterocycles. The lowest BCUT2D eigenvalue weighted by Gasteiger charge is -2.49. The maximum Gasteiger partial charge on any atom is 0.200 e. The Morgan fingerprint density at radius 3 is 1.61 bits per heavy atom. The SMILES string of the molecule is COC1=NCCN(C(c2ccccc2)(c2ccccc2)c2ccccc2)[C@@H]1C. The van der Waals surface area contributed by atoms with Gasteiger partial charge in [-0.3, -0.25) is 9.89 Å². The summed E-state index contributed by atoms with van der Waals surface area (Å²) in [5.74, 6) is 0.790. The van der Waals surface area contributed by atoms with Crippen LogP contribution in [0.3, 0.4) is 0 Å². The normalized spacial score (nSPS) is 17.8. The number of hydrogen-bond donors (Lipinski definition) is 0.